The Balaban J connectivity index is 1.53. The van der Waals surface area contributed by atoms with E-state index in [2.05, 4.69) is 56.8 Å². The fourth-order valence-corrected chi connectivity index (χ4v) is 3.96. The third kappa shape index (κ3) is 5.61. The molecule has 0 aliphatic heterocycles. The van der Waals surface area contributed by atoms with Crippen LogP contribution in [0.5, 0.6) is 0 Å². The number of nitrogen functional groups attached to an aromatic ring is 1. The summed E-state index contributed by atoms with van der Waals surface area (Å²) in [6.45, 7) is 12.6. The van der Waals surface area contributed by atoms with Gasteiger partial charge in [0.1, 0.15) is 25.2 Å². The number of fused-ring (bicyclic) bond motifs is 1. The molecule has 0 unspecified atom stereocenters. The topological polar surface area (TPSA) is 123 Å². The van der Waals surface area contributed by atoms with E-state index >= 15 is 0 Å². The number of hydrogen-bond acceptors (Lipinski definition) is 6. The van der Waals surface area contributed by atoms with Gasteiger partial charge in [-0.1, -0.05) is 75.8 Å². The molecule has 0 spiro atoms. The first-order chi connectivity index (χ1) is 16.4. The zero-order chi connectivity index (χ0) is 25.4. The van der Waals surface area contributed by atoms with Crippen LogP contribution in [-0.4, -0.2) is 34.3 Å². The third-order valence-corrected chi connectivity index (χ3v) is 6.18. The predicted molar refractivity (Wildman–Crippen MR) is 141 cm³/mol. The molecule has 9 heteroatoms. The molecule has 0 radical (unpaired) electrons. The lowest BCUT2D eigenvalue weighted by molar-refractivity contribution is -0.115. The Morgan fingerprint density at radius 1 is 1.20 bits per heavy atom. The number of carbonyl (C=O) groups is 1. The third-order valence-electron chi connectivity index (χ3n) is 5.31. The van der Waals surface area contributed by atoms with E-state index in [1.165, 1.54) is 0 Å². The molecule has 0 saturated heterocycles. The Morgan fingerprint density at radius 2 is 1.91 bits per heavy atom. The summed E-state index contributed by atoms with van der Waals surface area (Å²) in [5.41, 5.74) is 13.4. The molecule has 8 nitrogen and oxygen atoms in total. The van der Waals surface area contributed by atoms with Crippen LogP contribution in [0, 0.1) is 11.5 Å². The summed E-state index contributed by atoms with van der Waals surface area (Å²) < 4.78 is 5.33. The number of nitrogens with one attached hydrogen (secondary N) is 2. The van der Waals surface area contributed by atoms with Gasteiger partial charge in [0, 0.05) is 23.2 Å². The second kappa shape index (κ2) is 9.04. The number of amides is 1. The van der Waals surface area contributed by atoms with Gasteiger partial charge in [-0.05, 0) is 5.56 Å². The van der Waals surface area contributed by atoms with Crippen molar-refractivity contribution in [3.63, 3.8) is 0 Å². The van der Waals surface area contributed by atoms with Crippen molar-refractivity contribution in [3.8, 4) is 22.7 Å². The van der Waals surface area contributed by atoms with Crippen LogP contribution in [-0.2, 0) is 16.6 Å². The number of aromatic amines is 1. The van der Waals surface area contributed by atoms with Crippen LogP contribution in [0.3, 0.4) is 0 Å². The molecule has 1 aromatic carbocycles. The highest BCUT2D eigenvalue weighted by Crippen LogP contribution is 2.31. The van der Waals surface area contributed by atoms with Crippen LogP contribution in [0.4, 0.5) is 11.6 Å². The number of nitrogens with zero attached hydrogens (tertiary/aromatic N) is 3. The molecule has 0 saturated carbocycles. The molecule has 0 aliphatic carbocycles. The Hall–Kier alpha value is -3.90. The van der Waals surface area contributed by atoms with E-state index in [1.807, 2.05) is 45.0 Å². The standard InChI is InChI=1S/C26H30N6O2Si/c1-26(2,3)19-14-20(32-34-19)29-21(33)13-16-7-9-17(10-8-16)23-22-24(31-30-23)18(15-28-25(22)27)11-12-35(4,5)6/h7-10,14-15H,13H2,1-6H3,(H2,27,28)(H,30,31)(H,29,32,33). The van der Waals surface area contributed by atoms with Gasteiger partial charge in [0.05, 0.1) is 23.1 Å². The van der Waals surface area contributed by atoms with Crippen molar-refractivity contribution in [2.45, 2.75) is 52.2 Å². The summed E-state index contributed by atoms with van der Waals surface area (Å²) in [6, 6.07) is 9.43. The summed E-state index contributed by atoms with van der Waals surface area (Å²) in [5.74, 6) is 4.59. The first-order valence-electron chi connectivity index (χ1n) is 11.4. The highest BCUT2D eigenvalue weighted by Gasteiger charge is 2.20. The van der Waals surface area contributed by atoms with Gasteiger partial charge in [0.2, 0.25) is 5.91 Å². The fraction of sp³-hybridized carbons (Fsp3) is 0.308. The lowest BCUT2D eigenvalue weighted by atomic mass is 9.93. The van der Waals surface area contributed by atoms with E-state index in [4.69, 9.17) is 10.3 Å². The van der Waals surface area contributed by atoms with Gasteiger partial charge in [0.15, 0.2) is 5.82 Å². The van der Waals surface area contributed by atoms with Crippen molar-refractivity contribution in [2.24, 2.45) is 0 Å². The van der Waals surface area contributed by atoms with Gasteiger partial charge in [0.25, 0.3) is 0 Å². The first kappa shape index (κ1) is 24.2. The van der Waals surface area contributed by atoms with Crippen LogP contribution in [0.25, 0.3) is 22.2 Å². The molecule has 1 amide bonds. The number of aromatic nitrogens is 4. The molecule has 180 valence electrons. The number of pyridine rings is 1. The maximum Gasteiger partial charge on any atom is 0.230 e. The van der Waals surface area contributed by atoms with Crippen molar-refractivity contribution in [1.29, 1.82) is 0 Å². The quantitative estimate of drug-likeness (QED) is 0.278. The monoisotopic (exact) mass is 486 g/mol. The molecule has 0 atom stereocenters. The number of carbonyl (C=O) groups excluding carboxylic acids is 1. The van der Waals surface area contributed by atoms with E-state index in [9.17, 15) is 4.79 Å². The zero-order valence-electron chi connectivity index (χ0n) is 20.9. The number of hydrogen-bond donors (Lipinski definition) is 3. The van der Waals surface area contributed by atoms with Crippen molar-refractivity contribution >= 4 is 36.5 Å². The van der Waals surface area contributed by atoms with E-state index < -0.39 is 8.07 Å². The van der Waals surface area contributed by atoms with Crippen LogP contribution in [0.1, 0.15) is 37.7 Å². The summed E-state index contributed by atoms with van der Waals surface area (Å²) >= 11 is 0. The molecule has 4 rings (SSSR count). The number of H-pyrrole nitrogens is 1. The van der Waals surface area contributed by atoms with Crippen LogP contribution >= 0.6 is 0 Å². The van der Waals surface area contributed by atoms with E-state index in [0.717, 1.165) is 27.8 Å². The van der Waals surface area contributed by atoms with Crippen molar-refractivity contribution in [1.82, 2.24) is 20.3 Å². The number of benzene rings is 1. The number of nitrogens with two attached hydrogens (primary N) is 1. The van der Waals surface area contributed by atoms with Gasteiger partial charge in [-0.25, -0.2) is 4.98 Å². The van der Waals surface area contributed by atoms with Crippen LogP contribution in [0.2, 0.25) is 19.6 Å². The van der Waals surface area contributed by atoms with E-state index in [1.54, 1.807) is 12.3 Å². The molecule has 0 fully saturated rings. The maximum atomic E-state index is 12.5. The fourth-order valence-electron chi connectivity index (χ4n) is 3.45. The SMILES string of the molecule is CC(C)(C)c1cc(NC(=O)Cc2ccc(-c3[nH]nc4c(C#C[Si](C)(C)C)cnc(N)c34)cc2)no1. The van der Waals surface area contributed by atoms with Crippen molar-refractivity contribution in [3.05, 3.63) is 53.4 Å². The summed E-state index contributed by atoms with van der Waals surface area (Å²) in [5, 5.41) is 15.1. The summed E-state index contributed by atoms with van der Waals surface area (Å²) in [4.78, 5) is 16.8. The van der Waals surface area contributed by atoms with Crippen LogP contribution in [0.15, 0.2) is 41.1 Å². The van der Waals surface area contributed by atoms with Gasteiger partial charge < -0.3 is 15.6 Å². The second-order valence-corrected chi connectivity index (χ2v) is 15.4. The predicted octanol–water partition coefficient (Wildman–Crippen LogP) is 4.90. The Morgan fingerprint density at radius 3 is 2.54 bits per heavy atom. The van der Waals surface area contributed by atoms with E-state index in [0.29, 0.717) is 22.9 Å². The molecular weight excluding hydrogens is 456 g/mol. The Kier molecular flexibility index (Phi) is 6.26. The Bertz CT molecular complexity index is 1440. The van der Waals surface area contributed by atoms with Gasteiger partial charge in [-0.15, -0.1) is 5.54 Å². The molecule has 35 heavy (non-hydrogen) atoms. The minimum atomic E-state index is -1.55. The largest absolute Gasteiger partial charge is 0.383 e. The average molecular weight is 487 g/mol. The lowest BCUT2D eigenvalue weighted by Crippen LogP contribution is -2.16. The molecule has 4 aromatic rings. The number of anilines is 2. The van der Waals surface area contributed by atoms with Crippen LogP contribution < -0.4 is 11.1 Å². The smallest absolute Gasteiger partial charge is 0.230 e. The first-order valence-corrected chi connectivity index (χ1v) is 14.9. The highest BCUT2D eigenvalue weighted by molar-refractivity contribution is 6.83. The molecule has 3 aromatic heterocycles. The van der Waals surface area contributed by atoms with Gasteiger partial charge in [-0.3, -0.25) is 9.89 Å². The maximum absolute atomic E-state index is 12.5. The summed E-state index contributed by atoms with van der Waals surface area (Å²) in [7, 11) is -1.55. The van der Waals surface area contributed by atoms with Crippen molar-refractivity contribution in [2.75, 3.05) is 11.1 Å². The molecule has 3 heterocycles. The van der Waals surface area contributed by atoms with Crippen molar-refractivity contribution < 1.29 is 9.32 Å². The second-order valence-electron chi connectivity index (χ2n) is 10.6. The Labute approximate surface area is 205 Å². The van der Waals surface area contributed by atoms with Gasteiger partial charge >= 0.3 is 0 Å². The minimum absolute atomic E-state index is 0.169. The van der Waals surface area contributed by atoms with E-state index in [-0.39, 0.29) is 17.7 Å². The molecule has 4 N–H and O–H groups in total. The zero-order valence-corrected chi connectivity index (χ0v) is 21.9. The normalized spacial score (nSPS) is 11.8. The lowest BCUT2D eigenvalue weighted by Gasteiger charge is -2.12. The van der Waals surface area contributed by atoms with Gasteiger partial charge in [-0.2, -0.15) is 5.10 Å². The summed E-state index contributed by atoms with van der Waals surface area (Å²) in [6.07, 6.45) is 1.89. The highest BCUT2D eigenvalue weighted by atomic mass is 28.3. The number of rotatable bonds is 4. The molecule has 0 aliphatic rings. The average Bonchev–Trinajstić information content (AvgIpc) is 3.41. The molecular formula is C26H30N6O2Si. The molecule has 0 bridgehead atoms. The minimum Gasteiger partial charge on any atom is -0.383 e.